The highest BCUT2D eigenvalue weighted by molar-refractivity contribution is 6.30. The largest absolute Gasteiger partial charge is 0.380 e. The lowest BCUT2D eigenvalue weighted by Crippen LogP contribution is -2.19. The van der Waals surface area contributed by atoms with Crippen molar-refractivity contribution >= 4 is 17.4 Å². The van der Waals surface area contributed by atoms with Crippen molar-refractivity contribution in [3.05, 3.63) is 29.3 Å². The minimum atomic E-state index is 0.439. The summed E-state index contributed by atoms with van der Waals surface area (Å²) in [6.07, 6.45) is 3.55. The molecule has 0 saturated heterocycles. The smallest absolute Gasteiger partial charge is 0.174 e. The number of nitrogen functional groups attached to an aromatic ring is 1. The first-order valence-electron chi connectivity index (χ1n) is 5.72. The predicted molar refractivity (Wildman–Crippen MR) is 67.8 cm³/mol. The summed E-state index contributed by atoms with van der Waals surface area (Å²) in [5, 5.41) is 8.81. The third kappa shape index (κ3) is 1.78. The summed E-state index contributed by atoms with van der Waals surface area (Å²) in [5.41, 5.74) is 7.77. The zero-order valence-electron chi connectivity index (χ0n) is 9.31. The van der Waals surface area contributed by atoms with Crippen molar-refractivity contribution in [3.63, 3.8) is 0 Å². The number of aromatic nitrogens is 3. The Hall–Kier alpha value is -1.55. The van der Waals surface area contributed by atoms with Gasteiger partial charge in [0, 0.05) is 10.6 Å². The second-order valence-electron chi connectivity index (χ2n) is 4.36. The van der Waals surface area contributed by atoms with Crippen molar-refractivity contribution in [2.45, 2.75) is 25.3 Å². The standard InChI is InChI=1S/C12H13ClN4/c13-9-4-1-3-8(7-9)11-12(14)15-16-17(11)10-5-2-6-10/h1,3-4,7,10H,2,5-6,14H2. The summed E-state index contributed by atoms with van der Waals surface area (Å²) in [6, 6.07) is 8.07. The van der Waals surface area contributed by atoms with E-state index in [0.717, 1.165) is 24.1 Å². The molecular weight excluding hydrogens is 236 g/mol. The van der Waals surface area contributed by atoms with E-state index < -0.39 is 0 Å². The SMILES string of the molecule is Nc1nnn(C2CCC2)c1-c1cccc(Cl)c1. The maximum Gasteiger partial charge on any atom is 0.174 e. The number of anilines is 1. The molecule has 1 fully saturated rings. The Labute approximate surface area is 104 Å². The number of benzene rings is 1. The molecule has 88 valence electrons. The number of nitrogens with two attached hydrogens (primary N) is 1. The highest BCUT2D eigenvalue weighted by Gasteiger charge is 2.25. The first-order chi connectivity index (χ1) is 8.25. The number of hydrogen-bond donors (Lipinski definition) is 1. The van der Waals surface area contributed by atoms with Gasteiger partial charge in [0.15, 0.2) is 5.82 Å². The molecule has 1 aliphatic rings. The second-order valence-corrected chi connectivity index (χ2v) is 4.80. The molecule has 3 rings (SSSR count). The maximum absolute atomic E-state index is 6.00. The molecule has 5 heteroatoms. The molecule has 0 spiro atoms. The van der Waals surface area contributed by atoms with E-state index in [-0.39, 0.29) is 0 Å². The van der Waals surface area contributed by atoms with Crippen LogP contribution in [-0.2, 0) is 0 Å². The van der Waals surface area contributed by atoms with Crippen LogP contribution in [0, 0.1) is 0 Å². The molecule has 2 N–H and O–H groups in total. The lowest BCUT2D eigenvalue weighted by Gasteiger charge is -2.26. The van der Waals surface area contributed by atoms with E-state index in [0.29, 0.717) is 16.9 Å². The molecule has 1 saturated carbocycles. The van der Waals surface area contributed by atoms with Gasteiger partial charge >= 0.3 is 0 Å². The van der Waals surface area contributed by atoms with Gasteiger partial charge in [-0.05, 0) is 31.4 Å². The van der Waals surface area contributed by atoms with E-state index in [1.54, 1.807) is 0 Å². The minimum absolute atomic E-state index is 0.439. The zero-order chi connectivity index (χ0) is 11.8. The van der Waals surface area contributed by atoms with Gasteiger partial charge in [-0.1, -0.05) is 28.9 Å². The van der Waals surface area contributed by atoms with Crippen molar-refractivity contribution in [1.82, 2.24) is 15.0 Å². The quantitative estimate of drug-likeness (QED) is 0.889. The van der Waals surface area contributed by atoms with Gasteiger partial charge in [-0.15, -0.1) is 5.10 Å². The van der Waals surface area contributed by atoms with Crippen LogP contribution in [0.15, 0.2) is 24.3 Å². The van der Waals surface area contributed by atoms with Crippen LogP contribution in [0.3, 0.4) is 0 Å². The van der Waals surface area contributed by atoms with E-state index in [4.69, 9.17) is 17.3 Å². The topological polar surface area (TPSA) is 56.7 Å². The molecule has 0 bridgehead atoms. The molecule has 0 atom stereocenters. The van der Waals surface area contributed by atoms with Crippen molar-refractivity contribution in [1.29, 1.82) is 0 Å². The van der Waals surface area contributed by atoms with E-state index in [1.807, 2.05) is 28.9 Å². The molecular formula is C12H13ClN4. The molecule has 4 nitrogen and oxygen atoms in total. The van der Waals surface area contributed by atoms with E-state index in [2.05, 4.69) is 10.3 Å². The summed E-state index contributed by atoms with van der Waals surface area (Å²) >= 11 is 6.00. The van der Waals surface area contributed by atoms with Gasteiger partial charge in [0.1, 0.15) is 5.69 Å². The van der Waals surface area contributed by atoms with Crippen LogP contribution in [0.25, 0.3) is 11.3 Å². The van der Waals surface area contributed by atoms with E-state index in [9.17, 15) is 0 Å². The Morgan fingerprint density at radius 2 is 2.18 bits per heavy atom. The van der Waals surface area contributed by atoms with Gasteiger partial charge in [0.05, 0.1) is 6.04 Å². The number of nitrogens with zero attached hydrogens (tertiary/aromatic N) is 3. The summed E-state index contributed by atoms with van der Waals surface area (Å²) in [5.74, 6) is 0.471. The van der Waals surface area contributed by atoms with Crippen LogP contribution >= 0.6 is 11.6 Å². The van der Waals surface area contributed by atoms with Gasteiger partial charge in [-0.3, -0.25) is 0 Å². The van der Waals surface area contributed by atoms with Crippen molar-refractivity contribution in [3.8, 4) is 11.3 Å². The molecule has 1 aromatic carbocycles. The van der Waals surface area contributed by atoms with Gasteiger partial charge in [0.25, 0.3) is 0 Å². The normalized spacial score (nSPS) is 15.8. The zero-order valence-corrected chi connectivity index (χ0v) is 10.1. The van der Waals surface area contributed by atoms with E-state index in [1.165, 1.54) is 6.42 Å². The maximum atomic E-state index is 6.00. The van der Waals surface area contributed by atoms with Gasteiger partial charge < -0.3 is 5.73 Å². The summed E-state index contributed by atoms with van der Waals surface area (Å²) in [7, 11) is 0. The molecule has 17 heavy (non-hydrogen) atoms. The average molecular weight is 249 g/mol. The van der Waals surface area contributed by atoms with Crippen LogP contribution in [-0.4, -0.2) is 15.0 Å². The Morgan fingerprint density at radius 3 is 2.82 bits per heavy atom. The minimum Gasteiger partial charge on any atom is -0.380 e. The van der Waals surface area contributed by atoms with Crippen LogP contribution in [0.1, 0.15) is 25.3 Å². The Bertz CT molecular complexity index is 545. The van der Waals surface area contributed by atoms with Gasteiger partial charge in [-0.2, -0.15) is 0 Å². The molecule has 0 amide bonds. The fourth-order valence-corrected chi connectivity index (χ4v) is 2.30. The fourth-order valence-electron chi connectivity index (χ4n) is 2.11. The summed E-state index contributed by atoms with van der Waals surface area (Å²) in [4.78, 5) is 0. The average Bonchev–Trinajstić information content (AvgIpc) is 2.58. The Kier molecular flexibility index (Phi) is 2.52. The summed E-state index contributed by atoms with van der Waals surface area (Å²) in [6.45, 7) is 0. The molecule has 2 aromatic rings. The van der Waals surface area contributed by atoms with Crippen molar-refractivity contribution < 1.29 is 0 Å². The number of halogens is 1. The fraction of sp³-hybridized carbons (Fsp3) is 0.333. The molecule has 1 heterocycles. The predicted octanol–water partition coefficient (Wildman–Crippen LogP) is 2.91. The van der Waals surface area contributed by atoms with Crippen molar-refractivity contribution in [2.75, 3.05) is 5.73 Å². The van der Waals surface area contributed by atoms with Gasteiger partial charge in [-0.25, -0.2) is 4.68 Å². The van der Waals surface area contributed by atoms with Crippen LogP contribution in [0.5, 0.6) is 0 Å². The molecule has 0 unspecified atom stereocenters. The first-order valence-corrected chi connectivity index (χ1v) is 6.10. The molecule has 1 aliphatic carbocycles. The van der Waals surface area contributed by atoms with Crippen LogP contribution < -0.4 is 5.73 Å². The highest BCUT2D eigenvalue weighted by atomic mass is 35.5. The van der Waals surface area contributed by atoms with E-state index >= 15 is 0 Å². The second kappa shape index (κ2) is 4.04. The van der Waals surface area contributed by atoms with Crippen molar-refractivity contribution in [2.24, 2.45) is 0 Å². The Morgan fingerprint density at radius 1 is 1.35 bits per heavy atom. The first kappa shape index (κ1) is 10.6. The lowest BCUT2D eigenvalue weighted by atomic mass is 9.93. The molecule has 1 aromatic heterocycles. The third-order valence-corrected chi connectivity index (χ3v) is 3.47. The monoisotopic (exact) mass is 248 g/mol. The molecule has 0 aliphatic heterocycles. The molecule has 0 radical (unpaired) electrons. The lowest BCUT2D eigenvalue weighted by molar-refractivity contribution is 0.287. The number of hydrogen-bond acceptors (Lipinski definition) is 3. The summed E-state index contributed by atoms with van der Waals surface area (Å²) < 4.78 is 1.94. The Balaban J connectivity index is 2.09. The van der Waals surface area contributed by atoms with Gasteiger partial charge in [0.2, 0.25) is 0 Å². The van der Waals surface area contributed by atoms with Crippen LogP contribution in [0.4, 0.5) is 5.82 Å². The number of rotatable bonds is 2. The highest BCUT2D eigenvalue weighted by Crippen LogP contribution is 2.36. The van der Waals surface area contributed by atoms with Crippen LogP contribution in [0.2, 0.25) is 5.02 Å². The third-order valence-electron chi connectivity index (χ3n) is 3.24.